The summed E-state index contributed by atoms with van der Waals surface area (Å²) in [6.07, 6.45) is 0. The second-order valence-corrected chi connectivity index (χ2v) is 6.99. The molecule has 0 fully saturated rings. The molecular formula is C16H35N. The molecule has 3 atom stereocenters. The molecule has 1 heteroatoms. The molecule has 0 saturated heterocycles. The zero-order valence-corrected chi connectivity index (χ0v) is 13.8. The van der Waals surface area contributed by atoms with Gasteiger partial charge in [0.2, 0.25) is 0 Å². The molecule has 0 radical (unpaired) electrons. The van der Waals surface area contributed by atoms with Crippen molar-refractivity contribution in [2.75, 3.05) is 7.05 Å². The van der Waals surface area contributed by atoms with E-state index in [1.54, 1.807) is 0 Å². The van der Waals surface area contributed by atoms with Gasteiger partial charge in [0.1, 0.15) is 0 Å². The molecule has 104 valence electrons. The average Bonchev–Trinajstić information content (AvgIpc) is 2.23. The van der Waals surface area contributed by atoms with Crippen LogP contribution in [-0.4, -0.2) is 24.0 Å². The van der Waals surface area contributed by atoms with Gasteiger partial charge in [0.25, 0.3) is 0 Å². The van der Waals surface area contributed by atoms with Crippen molar-refractivity contribution in [3.63, 3.8) is 0 Å². The van der Waals surface area contributed by atoms with Gasteiger partial charge >= 0.3 is 0 Å². The highest BCUT2D eigenvalue weighted by Crippen LogP contribution is 2.44. The number of nitrogens with zero attached hydrogens (tertiary/aromatic N) is 1. The van der Waals surface area contributed by atoms with Gasteiger partial charge < -0.3 is 4.90 Å². The van der Waals surface area contributed by atoms with Gasteiger partial charge in [-0.1, -0.05) is 41.5 Å². The summed E-state index contributed by atoms with van der Waals surface area (Å²) in [5, 5.41) is 0. The van der Waals surface area contributed by atoms with E-state index >= 15 is 0 Å². The summed E-state index contributed by atoms with van der Waals surface area (Å²) in [6, 6.07) is 1.22. The van der Waals surface area contributed by atoms with E-state index in [4.69, 9.17) is 0 Å². The standard InChI is InChI=1S/C16H35N/c1-11(2)14(7)16(9,12(3)4)15(8)17(10)13(5)6/h11-15H,1-10H3. The van der Waals surface area contributed by atoms with Crippen molar-refractivity contribution < 1.29 is 0 Å². The number of hydrogen-bond acceptors (Lipinski definition) is 1. The van der Waals surface area contributed by atoms with Gasteiger partial charge in [0, 0.05) is 12.1 Å². The maximum absolute atomic E-state index is 2.53. The van der Waals surface area contributed by atoms with Crippen LogP contribution in [0.15, 0.2) is 0 Å². The molecule has 0 rings (SSSR count). The van der Waals surface area contributed by atoms with Crippen LogP contribution < -0.4 is 0 Å². The molecule has 0 aliphatic rings. The van der Waals surface area contributed by atoms with Crippen molar-refractivity contribution in [3.8, 4) is 0 Å². The Morgan fingerprint density at radius 3 is 1.47 bits per heavy atom. The molecule has 0 aromatic rings. The van der Waals surface area contributed by atoms with Crippen molar-refractivity contribution in [2.24, 2.45) is 23.2 Å². The first-order valence-electron chi connectivity index (χ1n) is 7.28. The molecule has 0 heterocycles. The van der Waals surface area contributed by atoms with Gasteiger partial charge in [-0.3, -0.25) is 0 Å². The Morgan fingerprint density at radius 1 is 0.824 bits per heavy atom. The SMILES string of the molecule is CC(C)C(C)C(C)(C(C)C)C(C)N(C)C(C)C. The lowest BCUT2D eigenvalue weighted by Gasteiger charge is -2.50. The van der Waals surface area contributed by atoms with Gasteiger partial charge in [-0.15, -0.1) is 0 Å². The summed E-state index contributed by atoms with van der Waals surface area (Å²) in [5.41, 5.74) is 0.368. The largest absolute Gasteiger partial charge is 0.301 e. The summed E-state index contributed by atoms with van der Waals surface area (Å²) in [5.74, 6) is 2.18. The molecule has 0 N–H and O–H groups in total. The Labute approximate surface area is 110 Å². The quantitative estimate of drug-likeness (QED) is 0.653. The van der Waals surface area contributed by atoms with Crippen LogP contribution >= 0.6 is 0 Å². The minimum Gasteiger partial charge on any atom is -0.301 e. The Balaban J connectivity index is 5.21. The maximum atomic E-state index is 2.53. The van der Waals surface area contributed by atoms with Crippen LogP contribution in [0.4, 0.5) is 0 Å². The van der Waals surface area contributed by atoms with E-state index < -0.39 is 0 Å². The molecule has 0 aromatic heterocycles. The number of hydrogen-bond donors (Lipinski definition) is 0. The Kier molecular flexibility index (Phi) is 6.21. The Morgan fingerprint density at radius 2 is 1.24 bits per heavy atom. The monoisotopic (exact) mass is 241 g/mol. The third kappa shape index (κ3) is 3.47. The molecule has 0 aromatic carbocycles. The van der Waals surface area contributed by atoms with Crippen molar-refractivity contribution in [3.05, 3.63) is 0 Å². The van der Waals surface area contributed by atoms with E-state index in [2.05, 4.69) is 74.3 Å². The first-order chi connectivity index (χ1) is 7.56. The molecule has 1 nitrogen and oxygen atoms in total. The van der Waals surface area contributed by atoms with Crippen molar-refractivity contribution in [1.82, 2.24) is 4.90 Å². The summed E-state index contributed by atoms with van der Waals surface area (Å²) >= 11 is 0. The highest BCUT2D eigenvalue weighted by molar-refractivity contribution is 4.93. The fourth-order valence-electron chi connectivity index (χ4n) is 2.99. The highest BCUT2D eigenvalue weighted by Gasteiger charge is 2.42. The number of rotatable bonds is 6. The summed E-state index contributed by atoms with van der Waals surface area (Å²) in [4.78, 5) is 2.53. The van der Waals surface area contributed by atoms with Crippen LogP contribution in [0.1, 0.15) is 62.3 Å². The molecule has 0 saturated carbocycles. The van der Waals surface area contributed by atoms with Gasteiger partial charge in [0.05, 0.1) is 0 Å². The molecule has 3 unspecified atom stereocenters. The van der Waals surface area contributed by atoms with Crippen LogP contribution in [0, 0.1) is 23.2 Å². The van der Waals surface area contributed by atoms with Crippen molar-refractivity contribution in [1.29, 1.82) is 0 Å². The lowest BCUT2D eigenvalue weighted by atomic mass is 9.61. The van der Waals surface area contributed by atoms with Crippen molar-refractivity contribution >= 4 is 0 Å². The van der Waals surface area contributed by atoms with E-state index in [0.29, 0.717) is 23.4 Å². The Bertz CT molecular complexity index is 220. The predicted molar refractivity (Wildman–Crippen MR) is 79.3 cm³/mol. The molecule has 0 aliphatic carbocycles. The normalized spacial score (nSPS) is 20.1. The lowest BCUT2D eigenvalue weighted by molar-refractivity contribution is -0.0130. The molecule has 17 heavy (non-hydrogen) atoms. The lowest BCUT2D eigenvalue weighted by Crippen LogP contribution is -2.52. The van der Waals surface area contributed by atoms with E-state index in [9.17, 15) is 0 Å². The first-order valence-corrected chi connectivity index (χ1v) is 7.28. The smallest absolute Gasteiger partial charge is 0.0125 e. The van der Waals surface area contributed by atoms with Crippen LogP contribution in [0.25, 0.3) is 0 Å². The topological polar surface area (TPSA) is 3.24 Å². The minimum absolute atomic E-state index is 0.368. The second-order valence-electron chi connectivity index (χ2n) is 6.99. The molecule has 0 aliphatic heterocycles. The van der Waals surface area contributed by atoms with E-state index in [-0.39, 0.29) is 0 Å². The van der Waals surface area contributed by atoms with Gasteiger partial charge in [-0.25, -0.2) is 0 Å². The zero-order valence-electron chi connectivity index (χ0n) is 13.8. The molecule has 0 amide bonds. The minimum atomic E-state index is 0.368. The van der Waals surface area contributed by atoms with E-state index in [0.717, 1.165) is 11.8 Å². The summed E-state index contributed by atoms with van der Waals surface area (Å²) in [6.45, 7) is 21.3. The van der Waals surface area contributed by atoms with Gasteiger partial charge in [0.15, 0.2) is 0 Å². The molecule has 0 bridgehead atoms. The summed E-state index contributed by atoms with van der Waals surface area (Å²) in [7, 11) is 2.27. The van der Waals surface area contributed by atoms with E-state index in [1.165, 1.54) is 0 Å². The maximum Gasteiger partial charge on any atom is 0.0125 e. The van der Waals surface area contributed by atoms with Crippen LogP contribution in [0.5, 0.6) is 0 Å². The zero-order chi connectivity index (χ0) is 14.0. The van der Waals surface area contributed by atoms with E-state index in [1.807, 2.05) is 0 Å². The highest BCUT2D eigenvalue weighted by atomic mass is 15.2. The third-order valence-corrected chi connectivity index (χ3v) is 5.55. The van der Waals surface area contributed by atoms with Crippen LogP contribution in [-0.2, 0) is 0 Å². The fraction of sp³-hybridized carbons (Fsp3) is 1.00. The third-order valence-electron chi connectivity index (χ3n) is 5.55. The average molecular weight is 241 g/mol. The van der Waals surface area contributed by atoms with Gasteiger partial charge in [-0.2, -0.15) is 0 Å². The Hall–Kier alpha value is -0.0400. The molecule has 0 spiro atoms. The molecular weight excluding hydrogens is 206 g/mol. The fourth-order valence-corrected chi connectivity index (χ4v) is 2.99. The van der Waals surface area contributed by atoms with Crippen LogP contribution in [0.2, 0.25) is 0 Å². The van der Waals surface area contributed by atoms with Crippen LogP contribution in [0.3, 0.4) is 0 Å². The van der Waals surface area contributed by atoms with Crippen molar-refractivity contribution in [2.45, 2.75) is 74.4 Å². The predicted octanol–water partition coefficient (Wildman–Crippen LogP) is 4.67. The summed E-state index contributed by atoms with van der Waals surface area (Å²) < 4.78 is 0. The second kappa shape index (κ2) is 6.22. The van der Waals surface area contributed by atoms with Gasteiger partial charge in [-0.05, 0) is 51.0 Å². The first kappa shape index (κ1) is 17.0.